The number of anilines is 2. The molecule has 7 rings (SSSR count). The van der Waals surface area contributed by atoms with Crippen molar-refractivity contribution >= 4 is 58.6 Å². The minimum atomic E-state index is -1.43. The van der Waals surface area contributed by atoms with Crippen molar-refractivity contribution in [2.45, 2.75) is 166 Å². The number of carbonyl (C=O) groups is 6. The van der Waals surface area contributed by atoms with Crippen molar-refractivity contribution in [3.8, 4) is 0 Å². The molecule has 0 spiro atoms. The average molecular weight is 1040 g/mol. The Morgan fingerprint density at radius 1 is 0.973 bits per heavy atom. The van der Waals surface area contributed by atoms with Crippen molar-refractivity contribution < 1.29 is 53.6 Å². The molecule has 1 aromatic heterocycles. The number of fused-ring (bicyclic) bond motifs is 7. The van der Waals surface area contributed by atoms with E-state index in [0.29, 0.717) is 29.9 Å². The highest BCUT2D eigenvalue weighted by Gasteiger charge is 2.76. The Kier molecular flexibility index (Phi) is 18.0. The molecule has 8 N–H and O–H groups in total. The number of hydrogen-bond donors (Lipinski definition) is 8. The van der Waals surface area contributed by atoms with Crippen molar-refractivity contribution in [3.63, 3.8) is 0 Å². The van der Waals surface area contributed by atoms with Crippen molar-refractivity contribution in [3.05, 3.63) is 89.2 Å². The van der Waals surface area contributed by atoms with Gasteiger partial charge in [0.2, 0.25) is 23.6 Å². The third-order valence-corrected chi connectivity index (χ3v) is 17.9. The number of aliphatic carboxylic acids is 1. The Hall–Kier alpha value is -5.40. The van der Waals surface area contributed by atoms with Crippen LogP contribution in [0.15, 0.2) is 78.0 Å². The first-order valence-electron chi connectivity index (χ1n) is 26.3. The van der Waals surface area contributed by atoms with Crippen LogP contribution in [0, 0.1) is 28.6 Å². The smallest absolute Gasteiger partial charge is 0.305 e. The molecular weight excluding hydrogens is 965 g/mol. The summed E-state index contributed by atoms with van der Waals surface area (Å²) in [5, 5.41) is 45.1. The van der Waals surface area contributed by atoms with Crippen LogP contribution in [-0.2, 0) is 38.2 Å². The number of ketones is 1. The number of amides is 4. The van der Waals surface area contributed by atoms with E-state index in [-0.39, 0.29) is 53.8 Å². The first-order valence-corrected chi connectivity index (χ1v) is 27.2. The molecule has 18 heteroatoms. The van der Waals surface area contributed by atoms with E-state index in [9.17, 15) is 44.1 Å². The number of Topliss-reactive ketones (excluding diaryl/α,β-unsaturated/α-hetero) is 1. The summed E-state index contributed by atoms with van der Waals surface area (Å²) in [7, 11) is 0. The maximum atomic E-state index is 14.0. The zero-order valence-corrected chi connectivity index (χ0v) is 44.8. The van der Waals surface area contributed by atoms with E-state index >= 15 is 0 Å². The molecule has 4 fully saturated rings. The zero-order valence-electron chi connectivity index (χ0n) is 43.9. The predicted molar refractivity (Wildman–Crippen MR) is 282 cm³/mol. The topological polar surface area (TPSA) is 255 Å². The molecule has 402 valence electrons. The van der Waals surface area contributed by atoms with Crippen LogP contribution >= 0.6 is 11.8 Å². The molecule has 5 aliphatic rings. The number of nitrogens with zero attached hydrogens (tertiary/aromatic N) is 1. The monoisotopic (exact) mass is 1040 g/mol. The minimum Gasteiger partial charge on any atom is -0.481 e. The summed E-state index contributed by atoms with van der Waals surface area (Å²) in [5.74, 6) is -2.77. The molecule has 1 aliphatic heterocycles. The maximum Gasteiger partial charge on any atom is 0.305 e. The maximum absolute atomic E-state index is 14.0. The Labute approximate surface area is 438 Å². The number of aliphatic hydroxyl groups excluding tert-OH is 2. The second-order valence-electron chi connectivity index (χ2n) is 21.4. The summed E-state index contributed by atoms with van der Waals surface area (Å²) in [4.78, 5) is 81.4. The van der Waals surface area contributed by atoms with Gasteiger partial charge in [-0.3, -0.25) is 28.8 Å². The molecule has 0 radical (unpaired) electrons. The van der Waals surface area contributed by atoms with E-state index in [4.69, 9.17) is 9.47 Å². The molecule has 17 nitrogen and oxygen atoms in total. The first kappa shape index (κ1) is 56.3. The molecule has 4 unspecified atom stereocenters. The number of carboxylic acids is 1. The molecule has 74 heavy (non-hydrogen) atoms. The lowest BCUT2D eigenvalue weighted by molar-refractivity contribution is -0.201. The van der Waals surface area contributed by atoms with Gasteiger partial charge in [0.25, 0.3) is 0 Å². The molecule has 2 heterocycles. The van der Waals surface area contributed by atoms with Crippen LogP contribution in [0.2, 0.25) is 0 Å². The van der Waals surface area contributed by atoms with E-state index in [1.54, 1.807) is 18.3 Å². The summed E-state index contributed by atoms with van der Waals surface area (Å²) in [6.45, 7) is 14.6. The number of rotatable bonds is 22. The molecular formula is C56H76N6O11S. The second-order valence-corrected chi connectivity index (χ2v) is 23.1. The van der Waals surface area contributed by atoms with Crippen LogP contribution in [0.3, 0.4) is 0 Å². The van der Waals surface area contributed by atoms with Gasteiger partial charge >= 0.3 is 5.97 Å². The van der Waals surface area contributed by atoms with Gasteiger partial charge in [-0.05, 0) is 107 Å². The normalized spacial score (nSPS) is 30.2. The molecule has 1 saturated heterocycles. The third-order valence-electron chi connectivity index (χ3n) is 16.5. The SMILES string of the molecule is C/C=C1\C=C[C@@]2(C)C(=C1)CC[C@@H]1C2[C@@H](O)C[C@@]2(C)C1C[C@H]1O[C@@H](c3ccc(N[C@H](C)c4ccc(NC(=O)[C@H](C)NC(=O)[C@H](C)NC(=O)CCNC(=O)C(CC(=O)O)SC(C)CCCC)cc4)nc3)O[C@]12C(=O)CO. The van der Waals surface area contributed by atoms with Gasteiger partial charge in [0.1, 0.15) is 24.5 Å². The first-order chi connectivity index (χ1) is 35.2. The van der Waals surface area contributed by atoms with E-state index in [2.05, 4.69) is 69.7 Å². The van der Waals surface area contributed by atoms with Crippen LogP contribution in [0.1, 0.15) is 137 Å². The van der Waals surface area contributed by atoms with Gasteiger partial charge in [0, 0.05) is 58.5 Å². The predicted octanol–water partition coefficient (Wildman–Crippen LogP) is 6.84. The molecule has 0 bridgehead atoms. The second kappa shape index (κ2) is 23.6. The van der Waals surface area contributed by atoms with E-state index in [0.717, 1.165) is 37.7 Å². The Bertz CT molecular complexity index is 2500. The lowest BCUT2D eigenvalue weighted by Gasteiger charge is -2.59. The molecule has 3 saturated carbocycles. The van der Waals surface area contributed by atoms with Gasteiger partial charge in [-0.2, -0.15) is 0 Å². The lowest BCUT2D eigenvalue weighted by atomic mass is 9.46. The summed E-state index contributed by atoms with van der Waals surface area (Å²) < 4.78 is 13.4. The molecule has 1 aromatic carbocycles. The number of thioether (sulfide) groups is 1. The largest absolute Gasteiger partial charge is 0.481 e. The molecule has 4 aliphatic carbocycles. The number of allylic oxidation sites excluding steroid dienone is 6. The summed E-state index contributed by atoms with van der Waals surface area (Å²) >= 11 is 1.31. The Morgan fingerprint density at radius 2 is 1.70 bits per heavy atom. The Morgan fingerprint density at radius 3 is 2.36 bits per heavy atom. The summed E-state index contributed by atoms with van der Waals surface area (Å²) in [5.41, 5.74) is 2.04. The number of pyridine rings is 1. The van der Waals surface area contributed by atoms with Crippen LogP contribution in [0.25, 0.3) is 0 Å². The van der Waals surface area contributed by atoms with Gasteiger partial charge in [0.05, 0.1) is 23.9 Å². The van der Waals surface area contributed by atoms with Crippen LogP contribution < -0.4 is 26.6 Å². The fraction of sp³-hybridized carbons (Fsp3) is 0.589. The van der Waals surface area contributed by atoms with Crippen molar-refractivity contribution in [2.24, 2.45) is 28.6 Å². The highest BCUT2D eigenvalue weighted by Crippen LogP contribution is 2.70. The quantitative estimate of drug-likeness (QED) is 0.0601. The standard InChI is InChI=1S/C56H76N6O11S/c1-9-11-12-31(3)74-43(27-48(67)68)52(71)57-24-22-47(66)60-33(5)50(69)61-34(6)51(70)62-39-17-13-36(14-18-39)32(4)59-46-20-15-37(29-58-46)53-72-45-26-41-40-19-16-38-25-35(10-2)21-23-54(38,7)49(40)42(64)28-55(41,8)56(45,73-53)44(65)30-63/h10,13-15,17-18,20-21,23,25,29,31-34,40-43,45,49,53,63-64H,9,11-12,16,19,22,24,26-28,30H2,1-8H3,(H,57,71)(H,58,59)(H,60,66)(H,61,69)(H,62,70)(H,67,68)/b35-10+/t31?,32-,33+,34+,40+,41?,42+,43?,45-,49?,53-,54+,55+,56-/m1/s1. The number of unbranched alkanes of at least 4 members (excludes halogenated alkanes) is 1. The van der Waals surface area contributed by atoms with E-state index in [1.165, 1.54) is 36.8 Å². The van der Waals surface area contributed by atoms with Crippen molar-refractivity contribution in [1.82, 2.24) is 20.9 Å². The number of carboxylic acid groups (broad SMARTS) is 1. The van der Waals surface area contributed by atoms with Crippen molar-refractivity contribution in [2.75, 3.05) is 23.8 Å². The summed E-state index contributed by atoms with van der Waals surface area (Å²) in [6, 6.07) is 8.73. The number of aliphatic hydroxyl groups is 2. The van der Waals surface area contributed by atoms with Gasteiger partial charge in [-0.25, -0.2) is 4.98 Å². The van der Waals surface area contributed by atoms with Gasteiger partial charge in [-0.15, -0.1) is 11.8 Å². The molecule has 14 atom stereocenters. The number of hydrogen-bond acceptors (Lipinski definition) is 13. The number of nitrogens with one attached hydrogen (secondary N) is 5. The zero-order chi connectivity index (χ0) is 53.7. The Balaban J connectivity index is 0.873. The van der Waals surface area contributed by atoms with E-state index < -0.39 is 88.8 Å². The molecule has 4 amide bonds. The van der Waals surface area contributed by atoms with Crippen LogP contribution in [0.4, 0.5) is 11.5 Å². The fourth-order valence-electron chi connectivity index (χ4n) is 12.5. The highest BCUT2D eigenvalue weighted by atomic mass is 32.2. The van der Waals surface area contributed by atoms with E-state index in [1.807, 2.05) is 52.0 Å². The van der Waals surface area contributed by atoms with Crippen LogP contribution in [0.5, 0.6) is 0 Å². The van der Waals surface area contributed by atoms with Gasteiger partial charge in [-0.1, -0.05) is 82.5 Å². The number of benzene rings is 1. The minimum absolute atomic E-state index is 0.0162. The average Bonchev–Trinajstić information content (AvgIpc) is 3.87. The van der Waals surface area contributed by atoms with Crippen molar-refractivity contribution in [1.29, 1.82) is 0 Å². The van der Waals surface area contributed by atoms with Crippen LogP contribution in [-0.4, -0.2) is 109 Å². The van der Waals surface area contributed by atoms with Gasteiger partial charge < -0.3 is 51.4 Å². The fourth-order valence-corrected chi connectivity index (χ4v) is 13.8. The van der Waals surface area contributed by atoms with Gasteiger partial charge in [0.15, 0.2) is 17.7 Å². The number of carbonyl (C=O) groups excluding carboxylic acids is 5. The third kappa shape index (κ3) is 11.7. The summed E-state index contributed by atoms with van der Waals surface area (Å²) in [6.07, 6.45) is 13.3. The molecule has 2 aromatic rings. The lowest BCUT2D eigenvalue weighted by Crippen LogP contribution is -2.63. The number of aromatic nitrogens is 1. The highest BCUT2D eigenvalue weighted by molar-refractivity contribution is 8.01. The number of ether oxygens (including phenoxy) is 2.